The van der Waals surface area contributed by atoms with E-state index in [1.165, 1.54) is 24.4 Å². The van der Waals surface area contributed by atoms with Crippen molar-refractivity contribution in [2.24, 2.45) is 0 Å². The summed E-state index contributed by atoms with van der Waals surface area (Å²) in [5.74, 6) is -0.740. The molecule has 0 aliphatic rings. The lowest BCUT2D eigenvalue weighted by Crippen LogP contribution is -2.15. The van der Waals surface area contributed by atoms with Crippen molar-refractivity contribution in [3.8, 4) is 6.07 Å². The van der Waals surface area contributed by atoms with E-state index < -0.39 is 16.0 Å². The molecule has 0 saturated carbocycles. The molecule has 1 amide bonds. The summed E-state index contributed by atoms with van der Waals surface area (Å²) in [6.45, 7) is 0. The molecule has 9 heteroatoms. The number of nitriles is 1. The molecule has 140 valence electrons. The summed E-state index contributed by atoms with van der Waals surface area (Å²) >= 11 is 0. The van der Waals surface area contributed by atoms with Gasteiger partial charge in [-0.25, -0.2) is 0 Å². The van der Waals surface area contributed by atoms with Crippen LogP contribution in [0.2, 0.25) is 0 Å². The van der Waals surface area contributed by atoms with Crippen LogP contribution in [0.3, 0.4) is 0 Å². The number of hydrogen-bond donors (Lipinski definition) is 3. The van der Waals surface area contributed by atoms with Crippen molar-refractivity contribution in [1.82, 2.24) is 4.98 Å². The van der Waals surface area contributed by atoms with Crippen LogP contribution >= 0.6 is 0 Å². The Kier molecular flexibility index (Phi) is 5.35. The maximum Gasteiger partial charge on any atom is 0.294 e. The quantitative estimate of drug-likeness (QED) is 0.344. The van der Waals surface area contributed by atoms with Gasteiger partial charge in [0, 0.05) is 23.5 Å². The smallest absolute Gasteiger partial charge is 0.294 e. The summed E-state index contributed by atoms with van der Waals surface area (Å²) < 4.78 is 31.5. The number of rotatable bonds is 5. The molecule has 3 rings (SSSR count). The predicted octanol–water partition coefficient (Wildman–Crippen LogP) is 2.94. The third kappa shape index (κ3) is 4.32. The maximum absolute atomic E-state index is 12.3. The van der Waals surface area contributed by atoms with E-state index in [2.05, 4.69) is 15.6 Å². The number of carbonyl (C=O) groups excluding carboxylic acids is 1. The molecule has 3 N–H and O–H groups in total. The minimum Gasteiger partial charge on any atom is -0.358 e. The van der Waals surface area contributed by atoms with E-state index in [0.29, 0.717) is 11.2 Å². The van der Waals surface area contributed by atoms with Crippen molar-refractivity contribution in [1.29, 1.82) is 5.26 Å². The normalized spacial score (nSPS) is 11.6. The predicted molar refractivity (Wildman–Crippen MR) is 104 cm³/mol. The van der Waals surface area contributed by atoms with Crippen LogP contribution < -0.4 is 10.6 Å². The van der Waals surface area contributed by atoms with Crippen molar-refractivity contribution in [2.75, 3.05) is 10.6 Å². The number of fused-ring (bicyclic) bond motifs is 1. The average molecular weight is 394 g/mol. The fourth-order valence-electron chi connectivity index (χ4n) is 2.45. The molecular formula is C19H14N4O4S. The molecule has 0 aliphatic heterocycles. The van der Waals surface area contributed by atoms with E-state index in [4.69, 9.17) is 4.55 Å². The fourth-order valence-corrected chi connectivity index (χ4v) is 2.98. The number of carbonyl (C=O) groups is 1. The van der Waals surface area contributed by atoms with Gasteiger partial charge in [0.15, 0.2) is 0 Å². The Hall–Kier alpha value is -3.74. The number of amides is 1. The highest BCUT2D eigenvalue weighted by Crippen LogP contribution is 2.21. The topological polar surface area (TPSA) is 132 Å². The van der Waals surface area contributed by atoms with Crippen molar-refractivity contribution in [3.63, 3.8) is 0 Å². The van der Waals surface area contributed by atoms with Crippen LogP contribution in [0, 0.1) is 11.3 Å². The Balaban J connectivity index is 1.81. The molecule has 0 radical (unpaired) electrons. The summed E-state index contributed by atoms with van der Waals surface area (Å²) in [5.41, 5.74) is 1.19. The molecule has 0 aliphatic carbocycles. The number of pyridine rings is 1. The fraction of sp³-hybridized carbons (Fsp3) is 0. The number of nitrogens with zero attached hydrogens (tertiary/aromatic N) is 2. The summed E-state index contributed by atoms with van der Waals surface area (Å²) in [6, 6.07) is 16.0. The second-order valence-corrected chi connectivity index (χ2v) is 7.07. The first-order valence-electron chi connectivity index (χ1n) is 7.98. The highest BCUT2D eigenvalue weighted by molar-refractivity contribution is 7.85. The summed E-state index contributed by atoms with van der Waals surface area (Å²) in [7, 11) is -4.40. The lowest BCUT2D eigenvalue weighted by atomic mass is 10.2. The van der Waals surface area contributed by atoms with E-state index in [-0.39, 0.29) is 16.2 Å². The van der Waals surface area contributed by atoms with Crippen molar-refractivity contribution in [2.45, 2.75) is 4.90 Å². The third-order valence-electron chi connectivity index (χ3n) is 3.76. The standard InChI is InChI=1S/C19H14N4O4S/c20-11-14(12-22-17-8-1-4-13-5-3-9-21-18(13)17)19(24)23-15-6-2-7-16(10-15)28(25,26)27/h1-10,12,22H,(H,23,24)(H,25,26,27)/b14-12-. The molecule has 0 atom stereocenters. The van der Waals surface area contributed by atoms with Crippen LogP contribution in [0.4, 0.5) is 11.4 Å². The first-order valence-corrected chi connectivity index (χ1v) is 9.42. The Morgan fingerprint density at radius 3 is 2.64 bits per heavy atom. The van der Waals surface area contributed by atoms with Crippen LogP contribution in [0.1, 0.15) is 0 Å². The van der Waals surface area contributed by atoms with Gasteiger partial charge in [-0.05, 0) is 30.3 Å². The monoisotopic (exact) mass is 394 g/mol. The van der Waals surface area contributed by atoms with E-state index in [1.54, 1.807) is 24.4 Å². The highest BCUT2D eigenvalue weighted by Gasteiger charge is 2.13. The Bertz CT molecular complexity index is 1220. The van der Waals surface area contributed by atoms with E-state index >= 15 is 0 Å². The molecule has 8 nitrogen and oxygen atoms in total. The molecule has 1 aromatic heterocycles. The van der Waals surface area contributed by atoms with Crippen molar-refractivity contribution < 1.29 is 17.8 Å². The third-order valence-corrected chi connectivity index (χ3v) is 4.61. The number of aromatic nitrogens is 1. The number of para-hydroxylation sites is 1. The Labute approximate surface area is 160 Å². The van der Waals surface area contributed by atoms with Crippen LogP contribution in [-0.4, -0.2) is 23.9 Å². The summed E-state index contributed by atoms with van der Waals surface area (Å²) in [5, 5.41) is 15.5. The summed E-state index contributed by atoms with van der Waals surface area (Å²) in [6.07, 6.45) is 2.88. The van der Waals surface area contributed by atoms with Gasteiger partial charge in [0.1, 0.15) is 11.6 Å². The van der Waals surface area contributed by atoms with Gasteiger partial charge in [0.2, 0.25) is 0 Å². The van der Waals surface area contributed by atoms with Gasteiger partial charge in [-0.15, -0.1) is 0 Å². The zero-order valence-electron chi connectivity index (χ0n) is 14.3. The largest absolute Gasteiger partial charge is 0.358 e. The molecule has 3 aromatic rings. The molecule has 0 fully saturated rings. The van der Waals surface area contributed by atoms with Gasteiger partial charge in [0.05, 0.1) is 16.1 Å². The number of hydrogen-bond acceptors (Lipinski definition) is 6. The minimum atomic E-state index is -4.40. The first-order chi connectivity index (χ1) is 13.4. The number of benzene rings is 2. The molecular weight excluding hydrogens is 380 g/mol. The lowest BCUT2D eigenvalue weighted by molar-refractivity contribution is -0.112. The second-order valence-electron chi connectivity index (χ2n) is 5.65. The van der Waals surface area contributed by atoms with Gasteiger partial charge >= 0.3 is 0 Å². The number of anilines is 2. The van der Waals surface area contributed by atoms with Gasteiger partial charge < -0.3 is 10.6 Å². The molecule has 1 heterocycles. The Morgan fingerprint density at radius 1 is 1.14 bits per heavy atom. The molecule has 0 spiro atoms. The highest BCUT2D eigenvalue weighted by atomic mass is 32.2. The van der Waals surface area contributed by atoms with Gasteiger partial charge in [-0.3, -0.25) is 14.3 Å². The second kappa shape index (κ2) is 7.87. The van der Waals surface area contributed by atoms with Crippen molar-refractivity contribution >= 4 is 38.3 Å². The van der Waals surface area contributed by atoms with Crippen LogP contribution in [0.15, 0.2) is 77.5 Å². The average Bonchev–Trinajstić information content (AvgIpc) is 2.68. The molecule has 0 unspecified atom stereocenters. The molecule has 2 aromatic carbocycles. The molecule has 28 heavy (non-hydrogen) atoms. The van der Waals surface area contributed by atoms with Crippen LogP contribution in [0.5, 0.6) is 0 Å². The maximum atomic E-state index is 12.3. The first kappa shape index (κ1) is 19.0. The van der Waals surface area contributed by atoms with Crippen molar-refractivity contribution in [3.05, 3.63) is 72.6 Å². The van der Waals surface area contributed by atoms with E-state index in [1.807, 2.05) is 18.2 Å². The zero-order valence-corrected chi connectivity index (χ0v) is 15.1. The van der Waals surface area contributed by atoms with E-state index in [0.717, 1.165) is 11.5 Å². The van der Waals surface area contributed by atoms with Crippen LogP contribution in [-0.2, 0) is 14.9 Å². The minimum absolute atomic E-state index is 0.119. The van der Waals surface area contributed by atoms with Crippen LogP contribution in [0.25, 0.3) is 10.9 Å². The van der Waals surface area contributed by atoms with Gasteiger partial charge in [0.25, 0.3) is 16.0 Å². The molecule has 0 bridgehead atoms. The summed E-state index contributed by atoms with van der Waals surface area (Å²) in [4.78, 5) is 16.2. The SMILES string of the molecule is N#C/C(=C/Nc1cccc2cccnc12)C(=O)Nc1cccc(S(=O)(=O)O)c1. The zero-order chi connectivity index (χ0) is 20.1. The lowest BCUT2D eigenvalue weighted by Gasteiger charge is -2.07. The number of nitrogens with one attached hydrogen (secondary N) is 2. The molecule has 0 saturated heterocycles. The Morgan fingerprint density at radius 2 is 1.89 bits per heavy atom. The van der Waals surface area contributed by atoms with Gasteiger partial charge in [-0.1, -0.05) is 24.3 Å². The van der Waals surface area contributed by atoms with Gasteiger partial charge in [-0.2, -0.15) is 13.7 Å². The van der Waals surface area contributed by atoms with E-state index in [9.17, 15) is 18.5 Å².